The summed E-state index contributed by atoms with van der Waals surface area (Å²) < 4.78 is 0. The van der Waals surface area contributed by atoms with Crippen molar-refractivity contribution in [3.63, 3.8) is 0 Å². The van der Waals surface area contributed by atoms with Crippen LogP contribution in [0.2, 0.25) is 0 Å². The van der Waals surface area contributed by atoms with Gasteiger partial charge in [0.1, 0.15) is 0 Å². The summed E-state index contributed by atoms with van der Waals surface area (Å²) in [6.45, 7) is 0. The predicted octanol–water partition coefficient (Wildman–Crippen LogP) is 2.32. The van der Waals surface area contributed by atoms with Gasteiger partial charge in [0.25, 0.3) is 0 Å². The van der Waals surface area contributed by atoms with Crippen LogP contribution in [0.25, 0.3) is 0 Å². The summed E-state index contributed by atoms with van der Waals surface area (Å²) in [5, 5.41) is 0.562. The molecule has 1 unspecified atom stereocenters. The normalized spacial score (nSPS) is 27.9. The molecule has 0 saturated heterocycles. The molecule has 1 atom stereocenters. The average molecular weight is 143 g/mol. The van der Waals surface area contributed by atoms with Gasteiger partial charge in [0, 0.05) is 6.21 Å². The molecule has 0 N–H and O–H groups in total. The third-order valence-electron chi connectivity index (χ3n) is 1.58. The molecule has 1 nitrogen and oxygen atoms in total. The quantitative estimate of drug-likeness (QED) is 0.548. The maximum absolute atomic E-state index is 4.38. The van der Waals surface area contributed by atoms with E-state index in [4.69, 9.17) is 0 Å². The van der Waals surface area contributed by atoms with E-state index in [1.807, 2.05) is 11.8 Å². The van der Waals surface area contributed by atoms with Crippen molar-refractivity contribution in [3.05, 3.63) is 0 Å². The van der Waals surface area contributed by atoms with Crippen molar-refractivity contribution >= 4 is 18.0 Å². The fourth-order valence-corrected chi connectivity index (χ4v) is 1.61. The molecule has 1 rings (SSSR count). The van der Waals surface area contributed by atoms with Gasteiger partial charge < -0.3 is 0 Å². The van der Waals surface area contributed by atoms with Crippen LogP contribution in [0.1, 0.15) is 25.7 Å². The van der Waals surface area contributed by atoms with Crippen LogP contribution in [-0.2, 0) is 0 Å². The topological polar surface area (TPSA) is 12.4 Å². The van der Waals surface area contributed by atoms with E-state index in [-0.39, 0.29) is 0 Å². The Balaban J connectivity index is 2.33. The fraction of sp³-hybridized carbons (Fsp3) is 0.857. The van der Waals surface area contributed by atoms with Crippen molar-refractivity contribution in [2.45, 2.75) is 31.1 Å². The maximum atomic E-state index is 4.38. The first-order valence-corrected chi connectivity index (χ1v) is 4.76. The zero-order valence-electron chi connectivity index (χ0n) is 5.84. The van der Waals surface area contributed by atoms with E-state index >= 15 is 0 Å². The molecule has 9 heavy (non-hydrogen) atoms. The summed E-state index contributed by atoms with van der Waals surface area (Å²) in [7, 11) is 0. The van der Waals surface area contributed by atoms with Crippen molar-refractivity contribution in [1.82, 2.24) is 0 Å². The third-order valence-corrected chi connectivity index (χ3v) is 2.48. The Bertz CT molecular complexity index is 101. The molecule has 52 valence electrons. The minimum absolute atomic E-state index is 0.562. The molecule has 0 spiro atoms. The van der Waals surface area contributed by atoms with Gasteiger partial charge in [0.05, 0.1) is 5.37 Å². The highest BCUT2D eigenvalue weighted by Crippen LogP contribution is 2.18. The lowest BCUT2D eigenvalue weighted by Crippen LogP contribution is -1.94. The van der Waals surface area contributed by atoms with Gasteiger partial charge in [-0.05, 0) is 25.5 Å². The Morgan fingerprint density at radius 3 is 3.22 bits per heavy atom. The largest absolute Gasteiger partial charge is 0.283 e. The van der Waals surface area contributed by atoms with Gasteiger partial charge in [-0.3, -0.25) is 4.99 Å². The maximum Gasteiger partial charge on any atom is 0.0944 e. The van der Waals surface area contributed by atoms with E-state index < -0.39 is 0 Å². The molecule has 0 bridgehead atoms. The van der Waals surface area contributed by atoms with Gasteiger partial charge in [-0.25, -0.2) is 0 Å². The lowest BCUT2D eigenvalue weighted by Gasteiger charge is -2.03. The monoisotopic (exact) mass is 143 g/mol. The molecule has 0 aliphatic carbocycles. The standard InChI is InChI=1S/C7H13NS/c1-9-7-5-3-2-4-6-8-7/h6-7H,2-5H2,1H3. The predicted molar refractivity (Wildman–Crippen MR) is 44.3 cm³/mol. The minimum atomic E-state index is 0.562. The summed E-state index contributed by atoms with van der Waals surface area (Å²) in [6, 6.07) is 0. The first-order chi connectivity index (χ1) is 4.43. The molecule has 0 aromatic heterocycles. The van der Waals surface area contributed by atoms with Crippen LogP contribution in [-0.4, -0.2) is 17.8 Å². The Morgan fingerprint density at radius 1 is 1.56 bits per heavy atom. The Morgan fingerprint density at radius 2 is 2.44 bits per heavy atom. The molecule has 0 fully saturated rings. The fourth-order valence-electron chi connectivity index (χ4n) is 1.000. The lowest BCUT2D eigenvalue weighted by molar-refractivity contribution is 0.708. The number of rotatable bonds is 1. The Labute approximate surface area is 60.9 Å². The first-order valence-electron chi connectivity index (χ1n) is 3.48. The van der Waals surface area contributed by atoms with Crippen molar-refractivity contribution in [3.8, 4) is 0 Å². The van der Waals surface area contributed by atoms with E-state index in [9.17, 15) is 0 Å². The summed E-state index contributed by atoms with van der Waals surface area (Å²) >= 11 is 1.86. The molecule has 2 heteroatoms. The van der Waals surface area contributed by atoms with Gasteiger partial charge in [-0.2, -0.15) is 0 Å². The summed E-state index contributed by atoms with van der Waals surface area (Å²) in [4.78, 5) is 4.38. The van der Waals surface area contributed by atoms with Crippen LogP contribution in [0.3, 0.4) is 0 Å². The SMILES string of the molecule is CSC1CCCCC=N1. The van der Waals surface area contributed by atoms with E-state index in [2.05, 4.69) is 17.5 Å². The molecule has 0 amide bonds. The molecule has 0 saturated carbocycles. The van der Waals surface area contributed by atoms with E-state index in [0.717, 1.165) is 0 Å². The highest BCUT2D eigenvalue weighted by Gasteiger charge is 2.04. The number of hydrogen-bond donors (Lipinski definition) is 0. The summed E-state index contributed by atoms with van der Waals surface area (Å²) in [5.41, 5.74) is 0. The molecule has 1 aliphatic heterocycles. The Kier molecular flexibility index (Phi) is 3.12. The molecular weight excluding hydrogens is 130 g/mol. The van der Waals surface area contributed by atoms with Crippen LogP contribution < -0.4 is 0 Å². The smallest absolute Gasteiger partial charge is 0.0944 e. The van der Waals surface area contributed by atoms with Gasteiger partial charge >= 0.3 is 0 Å². The number of nitrogens with zero attached hydrogens (tertiary/aromatic N) is 1. The zero-order valence-corrected chi connectivity index (χ0v) is 6.66. The van der Waals surface area contributed by atoms with Crippen molar-refractivity contribution in [1.29, 1.82) is 0 Å². The summed E-state index contributed by atoms with van der Waals surface area (Å²) in [5.74, 6) is 0. The van der Waals surface area contributed by atoms with Gasteiger partial charge in [-0.15, -0.1) is 11.8 Å². The second-order valence-electron chi connectivity index (χ2n) is 2.31. The van der Waals surface area contributed by atoms with Crippen LogP contribution in [0.4, 0.5) is 0 Å². The van der Waals surface area contributed by atoms with Crippen LogP contribution in [0.5, 0.6) is 0 Å². The molecule has 0 aromatic carbocycles. The molecule has 1 heterocycles. The Hall–Kier alpha value is 0.0200. The van der Waals surface area contributed by atoms with Crippen molar-refractivity contribution in [2.75, 3.05) is 6.26 Å². The third kappa shape index (κ3) is 2.39. The van der Waals surface area contributed by atoms with Crippen LogP contribution in [0.15, 0.2) is 4.99 Å². The molecule has 1 aliphatic rings. The number of aliphatic imine (C=N–C) groups is 1. The number of thioether (sulfide) groups is 1. The van der Waals surface area contributed by atoms with Gasteiger partial charge in [0.15, 0.2) is 0 Å². The highest BCUT2D eigenvalue weighted by atomic mass is 32.2. The molecule has 0 radical (unpaired) electrons. The summed E-state index contributed by atoms with van der Waals surface area (Å²) in [6.07, 6.45) is 9.36. The number of hydrogen-bond acceptors (Lipinski definition) is 2. The first kappa shape index (κ1) is 7.13. The van der Waals surface area contributed by atoms with E-state index in [1.54, 1.807) is 0 Å². The minimum Gasteiger partial charge on any atom is -0.283 e. The molecule has 0 aromatic rings. The van der Waals surface area contributed by atoms with Crippen molar-refractivity contribution in [2.24, 2.45) is 4.99 Å². The molecular formula is C7H13NS. The van der Waals surface area contributed by atoms with Crippen molar-refractivity contribution < 1.29 is 0 Å². The van der Waals surface area contributed by atoms with Gasteiger partial charge in [-0.1, -0.05) is 6.42 Å². The van der Waals surface area contributed by atoms with E-state index in [1.165, 1.54) is 25.7 Å². The van der Waals surface area contributed by atoms with Crippen LogP contribution in [0, 0.1) is 0 Å². The van der Waals surface area contributed by atoms with E-state index in [0.29, 0.717) is 5.37 Å². The average Bonchev–Trinajstić information content (AvgIpc) is 2.13. The van der Waals surface area contributed by atoms with Gasteiger partial charge in [0.2, 0.25) is 0 Å². The van der Waals surface area contributed by atoms with Crippen LogP contribution >= 0.6 is 11.8 Å². The second-order valence-corrected chi connectivity index (χ2v) is 3.32. The lowest BCUT2D eigenvalue weighted by atomic mass is 10.2. The second kappa shape index (κ2) is 3.94. The zero-order chi connectivity index (χ0) is 6.53. The highest BCUT2D eigenvalue weighted by molar-refractivity contribution is 7.99.